The van der Waals surface area contributed by atoms with Gasteiger partial charge in [0.2, 0.25) is 0 Å². The van der Waals surface area contributed by atoms with Gasteiger partial charge < -0.3 is 0 Å². The van der Waals surface area contributed by atoms with E-state index in [4.69, 9.17) is 0 Å². The molecule has 0 saturated heterocycles. The van der Waals surface area contributed by atoms with E-state index >= 15 is 0 Å². The summed E-state index contributed by atoms with van der Waals surface area (Å²) < 4.78 is 0. The Labute approximate surface area is 285 Å². The van der Waals surface area contributed by atoms with E-state index in [0.29, 0.717) is 9.65 Å². The van der Waals surface area contributed by atoms with Crippen molar-refractivity contribution in [3.05, 3.63) is 70.8 Å². The Morgan fingerprint density at radius 1 is 0.488 bits per heavy atom. The van der Waals surface area contributed by atoms with Gasteiger partial charge in [0.15, 0.2) is 0 Å². The Morgan fingerprint density at radius 3 is 1.21 bits per heavy atom. The largest absolute Gasteiger partial charge is 0.0839 e. The normalized spacial score (nSPS) is 17.3. The van der Waals surface area contributed by atoms with Crippen molar-refractivity contribution in [3.63, 3.8) is 0 Å². The molecule has 0 aromatic heterocycles. The number of alkyl halides is 2. The first-order valence-electron chi connectivity index (χ1n) is 18.5. The lowest BCUT2D eigenvalue weighted by molar-refractivity contribution is 0.487. The highest BCUT2D eigenvalue weighted by Gasteiger charge is 2.29. The molecule has 4 unspecified atom stereocenters. The lowest BCUT2D eigenvalue weighted by atomic mass is 9.93. The number of halogens is 2. The molecule has 2 aromatic rings. The van der Waals surface area contributed by atoms with E-state index in [1.807, 2.05) is 0 Å². The molecular weight excluding hydrogens is 652 g/mol. The zero-order chi connectivity index (χ0) is 31.1. The van der Waals surface area contributed by atoms with E-state index in [1.54, 1.807) is 11.1 Å². The minimum atomic E-state index is 0.497. The molecule has 0 aliphatic heterocycles. The average molecular weight is 719 g/mol. The van der Waals surface area contributed by atoms with E-state index in [9.17, 15) is 0 Å². The van der Waals surface area contributed by atoms with E-state index in [-0.39, 0.29) is 0 Å². The van der Waals surface area contributed by atoms with Crippen molar-refractivity contribution >= 4 is 31.9 Å². The summed E-state index contributed by atoms with van der Waals surface area (Å²) in [7, 11) is 0. The van der Waals surface area contributed by atoms with Crippen molar-refractivity contribution in [1.29, 1.82) is 0 Å². The maximum atomic E-state index is 3.93. The molecule has 0 amide bonds. The third kappa shape index (κ3) is 15.0. The van der Waals surface area contributed by atoms with Crippen LogP contribution in [0, 0.1) is 0 Å². The Hall–Kier alpha value is -0.600. The minimum absolute atomic E-state index is 0.497. The molecule has 0 fully saturated rings. The van der Waals surface area contributed by atoms with Crippen LogP contribution in [0.3, 0.4) is 0 Å². The predicted octanol–water partition coefficient (Wildman–Crippen LogP) is 15.7. The Bertz CT molecular complexity index is 863. The molecule has 0 nitrogen and oxygen atoms in total. The third-order valence-electron chi connectivity index (χ3n) is 9.55. The molecule has 0 heterocycles. The maximum absolute atomic E-state index is 3.93. The van der Waals surface area contributed by atoms with Crippen LogP contribution in [0.2, 0.25) is 0 Å². The minimum Gasteiger partial charge on any atom is -0.0839 e. The Balaban J connectivity index is 0.000000300. The number of fused-ring (bicyclic) bond motifs is 1. The summed E-state index contributed by atoms with van der Waals surface area (Å²) in [4.78, 5) is 0.993. The first-order chi connectivity index (χ1) is 21.1. The maximum Gasteiger partial charge on any atom is 0.0398 e. The van der Waals surface area contributed by atoms with E-state index in [2.05, 4.69) is 108 Å². The number of hydrogen-bond donors (Lipinski definition) is 0. The van der Waals surface area contributed by atoms with E-state index in [1.165, 1.54) is 146 Å². The van der Waals surface area contributed by atoms with Crippen LogP contribution < -0.4 is 0 Å². The summed E-state index contributed by atoms with van der Waals surface area (Å²) in [6, 6.07) is 18.3. The van der Waals surface area contributed by atoms with Gasteiger partial charge in [0.1, 0.15) is 0 Å². The van der Waals surface area contributed by atoms with Crippen LogP contribution >= 0.6 is 31.9 Å². The van der Waals surface area contributed by atoms with Gasteiger partial charge in [0.25, 0.3) is 0 Å². The van der Waals surface area contributed by atoms with E-state index < -0.39 is 0 Å². The first kappa shape index (κ1) is 38.6. The lowest BCUT2D eigenvalue weighted by Gasteiger charge is -2.19. The van der Waals surface area contributed by atoms with Gasteiger partial charge in [-0.15, -0.1) is 0 Å². The molecule has 0 saturated carbocycles. The monoisotopic (exact) mass is 716 g/mol. The summed E-state index contributed by atoms with van der Waals surface area (Å²) in [6.07, 6.45) is 28.7. The van der Waals surface area contributed by atoms with Gasteiger partial charge in [-0.2, -0.15) is 0 Å². The average Bonchev–Trinajstić information content (AvgIpc) is 3.39. The second-order valence-corrected chi connectivity index (χ2v) is 15.4. The summed E-state index contributed by atoms with van der Waals surface area (Å²) in [5, 5.41) is 0. The summed E-state index contributed by atoms with van der Waals surface area (Å²) in [5.41, 5.74) is 6.34. The predicted molar refractivity (Wildman–Crippen MR) is 201 cm³/mol. The molecule has 2 aromatic carbocycles. The fourth-order valence-corrected chi connectivity index (χ4v) is 8.41. The van der Waals surface area contributed by atoms with Gasteiger partial charge in [-0.3, -0.25) is 0 Å². The van der Waals surface area contributed by atoms with Crippen LogP contribution in [0.15, 0.2) is 48.5 Å². The summed E-state index contributed by atoms with van der Waals surface area (Å²) in [5.74, 6) is 1.71. The van der Waals surface area contributed by atoms with Gasteiger partial charge in [-0.05, 0) is 66.2 Å². The van der Waals surface area contributed by atoms with Crippen LogP contribution in [-0.2, 0) is 0 Å². The van der Waals surface area contributed by atoms with Crippen molar-refractivity contribution in [3.8, 4) is 0 Å². The molecule has 0 spiro atoms. The van der Waals surface area contributed by atoms with Crippen LogP contribution in [0.1, 0.15) is 206 Å². The molecule has 0 N–H and O–H groups in total. The zero-order valence-electron chi connectivity index (χ0n) is 28.5. The van der Waals surface area contributed by atoms with Crippen LogP contribution in [0.5, 0.6) is 0 Å². The van der Waals surface area contributed by atoms with Gasteiger partial charge in [0.05, 0.1) is 0 Å². The fourth-order valence-electron chi connectivity index (χ4n) is 6.93. The Morgan fingerprint density at radius 2 is 0.837 bits per heavy atom. The van der Waals surface area contributed by atoms with Crippen LogP contribution in [-0.4, -0.2) is 0 Å². The standard InChI is InChI=1S/C21H34.C20H32Br2/c1-3-5-7-9-13-18-17-19(14-10-8-6-4-2)21-16-12-11-15-20(18)21;1-3-5-7-9-15-19(21)17-13-11-12-14-18(17)20(22)16-10-8-6-4-2/h11-12,15-16,18-19H,3-10,13-14,17H2,1-2H3;11-14,19-20H,3-10,15-16H2,1-2H3. The van der Waals surface area contributed by atoms with Crippen molar-refractivity contribution in [1.82, 2.24) is 0 Å². The lowest BCUT2D eigenvalue weighted by Crippen LogP contribution is -2.00. The number of hydrogen-bond acceptors (Lipinski definition) is 0. The Kier molecular flexibility index (Phi) is 22.1. The SMILES string of the molecule is CCCCCCC(Br)c1ccccc1C(Br)CCCCCC.CCCCCCC1CC(CCCCCC)c2ccccc21. The highest BCUT2D eigenvalue weighted by Crippen LogP contribution is 2.46. The third-order valence-corrected chi connectivity index (χ3v) is 11.5. The van der Waals surface area contributed by atoms with Gasteiger partial charge in [-0.1, -0.05) is 211 Å². The molecule has 2 heteroatoms. The van der Waals surface area contributed by atoms with Crippen LogP contribution in [0.4, 0.5) is 0 Å². The van der Waals surface area contributed by atoms with Crippen molar-refractivity contribution in [2.45, 2.75) is 184 Å². The molecule has 4 atom stereocenters. The smallest absolute Gasteiger partial charge is 0.0398 e. The van der Waals surface area contributed by atoms with E-state index in [0.717, 1.165) is 11.8 Å². The number of benzene rings is 2. The second-order valence-electron chi connectivity index (χ2n) is 13.2. The molecule has 3 rings (SSSR count). The molecular formula is C41H66Br2. The summed E-state index contributed by atoms with van der Waals surface area (Å²) in [6.45, 7) is 9.15. The molecule has 1 aliphatic carbocycles. The molecule has 244 valence electrons. The molecule has 43 heavy (non-hydrogen) atoms. The van der Waals surface area contributed by atoms with Gasteiger partial charge >= 0.3 is 0 Å². The summed E-state index contributed by atoms with van der Waals surface area (Å²) >= 11 is 7.86. The van der Waals surface area contributed by atoms with Crippen molar-refractivity contribution in [2.24, 2.45) is 0 Å². The highest BCUT2D eigenvalue weighted by molar-refractivity contribution is 9.09. The number of rotatable bonds is 22. The van der Waals surface area contributed by atoms with Crippen molar-refractivity contribution in [2.75, 3.05) is 0 Å². The van der Waals surface area contributed by atoms with Gasteiger partial charge in [0, 0.05) is 9.65 Å². The van der Waals surface area contributed by atoms with Crippen molar-refractivity contribution < 1.29 is 0 Å². The molecule has 0 radical (unpaired) electrons. The quantitative estimate of drug-likeness (QED) is 0.0840. The first-order valence-corrected chi connectivity index (χ1v) is 20.4. The zero-order valence-corrected chi connectivity index (χ0v) is 31.7. The fraction of sp³-hybridized carbons (Fsp3) is 0.707. The van der Waals surface area contributed by atoms with Crippen LogP contribution in [0.25, 0.3) is 0 Å². The topological polar surface area (TPSA) is 0 Å². The molecule has 1 aliphatic rings. The second kappa shape index (κ2) is 24.6. The number of unbranched alkanes of at least 4 members (excludes halogenated alkanes) is 12. The molecule has 0 bridgehead atoms. The van der Waals surface area contributed by atoms with Gasteiger partial charge in [-0.25, -0.2) is 0 Å². The highest BCUT2D eigenvalue weighted by atomic mass is 79.9.